The van der Waals surface area contributed by atoms with Crippen LogP contribution in [0.25, 0.3) is 22.3 Å². The van der Waals surface area contributed by atoms with Gasteiger partial charge in [0.15, 0.2) is 11.6 Å². The summed E-state index contributed by atoms with van der Waals surface area (Å²) in [6.45, 7) is 11.0. The molecule has 0 unspecified atom stereocenters. The number of rotatable bonds is 6. The number of piperidine rings is 2. The minimum absolute atomic E-state index is 0.0590. The highest BCUT2D eigenvalue weighted by molar-refractivity contribution is 6.09. The van der Waals surface area contributed by atoms with Crippen LogP contribution >= 0.6 is 0 Å². The Balaban J connectivity index is 1.20. The summed E-state index contributed by atoms with van der Waals surface area (Å²) < 4.78 is 17.0. The van der Waals surface area contributed by atoms with Gasteiger partial charge in [0.1, 0.15) is 5.52 Å². The third-order valence-electron chi connectivity index (χ3n) is 11.5. The van der Waals surface area contributed by atoms with E-state index in [-0.39, 0.29) is 23.9 Å². The first-order valence-electron chi connectivity index (χ1n) is 17.9. The van der Waals surface area contributed by atoms with E-state index in [4.69, 9.17) is 9.97 Å². The zero-order valence-electron chi connectivity index (χ0n) is 28.9. The van der Waals surface area contributed by atoms with Crippen LogP contribution in [-0.4, -0.2) is 79.4 Å². The van der Waals surface area contributed by atoms with Crippen molar-refractivity contribution in [3.05, 3.63) is 59.9 Å². The summed E-state index contributed by atoms with van der Waals surface area (Å²) in [5.41, 5.74) is 5.48. The van der Waals surface area contributed by atoms with Crippen LogP contribution in [0.1, 0.15) is 83.0 Å². The van der Waals surface area contributed by atoms with Gasteiger partial charge in [-0.25, -0.2) is 14.4 Å². The Hall–Kier alpha value is -4.38. The molecule has 1 aliphatic carbocycles. The number of nitrogens with one attached hydrogen (secondary N) is 1. The van der Waals surface area contributed by atoms with Gasteiger partial charge in [0.2, 0.25) is 11.8 Å². The summed E-state index contributed by atoms with van der Waals surface area (Å²) in [6.07, 6.45) is 10.0. The van der Waals surface area contributed by atoms with E-state index in [1.165, 1.54) is 25.5 Å². The first-order valence-corrected chi connectivity index (χ1v) is 17.9. The van der Waals surface area contributed by atoms with Crippen LogP contribution in [0.3, 0.4) is 0 Å². The molecule has 10 nitrogen and oxygen atoms in total. The Morgan fingerprint density at radius 3 is 2.47 bits per heavy atom. The molecule has 1 spiro atoms. The second kappa shape index (κ2) is 12.2. The molecular weight excluding hydrogens is 619 g/mol. The van der Waals surface area contributed by atoms with E-state index in [1.54, 1.807) is 19.3 Å². The highest BCUT2D eigenvalue weighted by atomic mass is 19.1. The van der Waals surface area contributed by atoms with Crippen LogP contribution in [0.4, 0.5) is 21.6 Å². The van der Waals surface area contributed by atoms with Gasteiger partial charge >= 0.3 is 0 Å². The second-order valence-corrected chi connectivity index (χ2v) is 14.8. The lowest BCUT2D eigenvalue weighted by Gasteiger charge is -2.48. The van der Waals surface area contributed by atoms with Crippen LogP contribution in [-0.2, 0) is 15.0 Å². The number of likely N-dealkylation sites (tertiary alicyclic amines) is 2. The fraction of sp³-hybridized carbons (Fsp3) is 0.500. The SMILES string of the molecule is CC(=O)N1CCC2(CC1)C(=O)N(C1CC(N3CCCCC3)C1)c1cc(-c3cc4ncn(C(C)C)c4c(Nc4cc(C)ncc4F)n3)ccc12. The summed E-state index contributed by atoms with van der Waals surface area (Å²) in [5.74, 6) is 0.282. The summed E-state index contributed by atoms with van der Waals surface area (Å²) in [4.78, 5) is 47.4. The van der Waals surface area contributed by atoms with E-state index < -0.39 is 11.2 Å². The molecular formula is C38H45FN8O2. The van der Waals surface area contributed by atoms with Gasteiger partial charge in [-0.15, -0.1) is 0 Å². The quantitative estimate of drug-likeness (QED) is 0.251. The molecule has 2 amide bonds. The number of benzene rings is 1. The number of imidazole rings is 1. The van der Waals surface area contributed by atoms with E-state index in [2.05, 4.69) is 52.1 Å². The Bertz CT molecular complexity index is 1940. The van der Waals surface area contributed by atoms with E-state index in [9.17, 15) is 14.0 Å². The van der Waals surface area contributed by atoms with Gasteiger partial charge in [-0.1, -0.05) is 18.6 Å². The molecule has 1 saturated carbocycles. The minimum Gasteiger partial charge on any atom is -0.343 e. The number of fused-ring (bicyclic) bond motifs is 3. The maximum Gasteiger partial charge on any atom is 0.238 e. The fourth-order valence-electron chi connectivity index (χ4n) is 8.60. The maximum absolute atomic E-state index is 15.0. The maximum atomic E-state index is 15.0. The van der Waals surface area contributed by atoms with Crippen molar-refractivity contribution in [2.75, 3.05) is 36.4 Å². The fourth-order valence-corrected chi connectivity index (χ4v) is 8.60. The zero-order chi connectivity index (χ0) is 34.0. The summed E-state index contributed by atoms with van der Waals surface area (Å²) in [5, 5.41) is 3.26. The van der Waals surface area contributed by atoms with Gasteiger partial charge in [0.05, 0.1) is 34.8 Å². The standard InChI is InChI=1S/C38H45FN8O2/c1-23(2)46-22-41-33-20-31(42-36(35(33)46)43-32-16-24(3)40-21-30(32)39)26-8-9-29-34(17-26)47(28-18-27(19-28)45-12-6-5-7-13-45)37(49)38(29)10-14-44(15-11-38)25(4)48/h8-9,16-17,20-23,27-28H,5-7,10-15,18-19H2,1-4H3,(H,40,42,43). The number of carbonyl (C=O) groups is 2. The molecule has 0 bridgehead atoms. The number of nitrogens with zero attached hydrogens (tertiary/aromatic N) is 7. The predicted molar refractivity (Wildman–Crippen MR) is 188 cm³/mol. The predicted octanol–water partition coefficient (Wildman–Crippen LogP) is 6.51. The van der Waals surface area contributed by atoms with Crippen molar-refractivity contribution in [2.45, 2.75) is 96.2 Å². The Morgan fingerprint density at radius 1 is 1.00 bits per heavy atom. The van der Waals surface area contributed by atoms with Crippen molar-refractivity contribution in [1.29, 1.82) is 0 Å². The number of carbonyl (C=O) groups excluding carboxylic acids is 2. The summed E-state index contributed by atoms with van der Waals surface area (Å²) >= 11 is 0. The lowest BCUT2D eigenvalue weighted by molar-refractivity contribution is -0.134. The first kappa shape index (κ1) is 31.9. The Kier molecular flexibility index (Phi) is 7.93. The van der Waals surface area contributed by atoms with Crippen molar-refractivity contribution in [3.8, 4) is 11.3 Å². The molecule has 1 N–H and O–H groups in total. The number of aryl methyl sites for hydroxylation is 1. The molecule has 6 heterocycles. The molecule has 3 aliphatic heterocycles. The third-order valence-corrected chi connectivity index (χ3v) is 11.5. The number of amides is 2. The van der Waals surface area contributed by atoms with E-state index in [0.29, 0.717) is 54.9 Å². The van der Waals surface area contributed by atoms with E-state index >= 15 is 0 Å². The minimum atomic E-state index is -0.632. The zero-order valence-corrected chi connectivity index (χ0v) is 28.9. The van der Waals surface area contributed by atoms with Crippen molar-refractivity contribution in [2.24, 2.45) is 0 Å². The van der Waals surface area contributed by atoms with Crippen molar-refractivity contribution in [3.63, 3.8) is 0 Å². The lowest BCUT2D eigenvalue weighted by Crippen LogP contribution is -2.58. The molecule has 3 fully saturated rings. The molecule has 1 aromatic carbocycles. The largest absolute Gasteiger partial charge is 0.343 e. The summed E-state index contributed by atoms with van der Waals surface area (Å²) in [7, 11) is 0. The molecule has 8 rings (SSSR count). The monoisotopic (exact) mass is 664 g/mol. The van der Waals surface area contributed by atoms with Gasteiger partial charge in [0, 0.05) is 55.1 Å². The lowest BCUT2D eigenvalue weighted by atomic mass is 9.73. The topological polar surface area (TPSA) is 99.5 Å². The molecule has 3 aromatic heterocycles. The number of hydrogen-bond acceptors (Lipinski definition) is 7. The molecule has 0 atom stereocenters. The van der Waals surface area contributed by atoms with Crippen molar-refractivity contribution in [1.82, 2.24) is 29.3 Å². The van der Waals surface area contributed by atoms with E-state index in [1.807, 2.05) is 22.5 Å². The average molecular weight is 665 g/mol. The molecule has 49 heavy (non-hydrogen) atoms. The summed E-state index contributed by atoms with van der Waals surface area (Å²) in [6, 6.07) is 10.7. The average Bonchev–Trinajstić information content (AvgIpc) is 3.61. The van der Waals surface area contributed by atoms with Crippen LogP contribution in [0, 0.1) is 12.7 Å². The van der Waals surface area contributed by atoms with Crippen LogP contribution in [0.2, 0.25) is 0 Å². The van der Waals surface area contributed by atoms with Gasteiger partial charge in [0.25, 0.3) is 0 Å². The highest BCUT2D eigenvalue weighted by Crippen LogP contribution is 2.52. The Labute approximate surface area is 286 Å². The molecule has 2 saturated heterocycles. The van der Waals surface area contributed by atoms with Crippen molar-refractivity contribution < 1.29 is 14.0 Å². The normalized spacial score (nSPS) is 22.2. The number of aromatic nitrogens is 4. The first-order chi connectivity index (χ1) is 23.6. The Morgan fingerprint density at radius 2 is 1.76 bits per heavy atom. The molecule has 4 aromatic rings. The van der Waals surface area contributed by atoms with Gasteiger partial charge in [-0.05, 0) is 96.1 Å². The molecule has 4 aliphatic rings. The second-order valence-electron chi connectivity index (χ2n) is 14.8. The van der Waals surface area contributed by atoms with Crippen LogP contribution in [0.5, 0.6) is 0 Å². The highest BCUT2D eigenvalue weighted by Gasteiger charge is 2.55. The van der Waals surface area contributed by atoms with Crippen LogP contribution < -0.4 is 10.2 Å². The number of halogens is 1. The number of pyridine rings is 2. The van der Waals surface area contributed by atoms with Gasteiger partial charge in [-0.3, -0.25) is 14.6 Å². The molecule has 256 valence electrons. The van der Waals surface area contributed by atoms with Gasteiger partial charge < -0.3 is 24.6 Å². The smallest absolute Gasteiger partial charge is 0.238 e. The van der Waals surface area contributed by atoms with E-state index in [0.717, 1.165) is 53.8 Å². The van der Waals surface area contributed by atoms with Crippen LogP contribution in [0.15, 0.2) is 42.9 Å². The number of hydrogen-bond donors (Lipinski definition) is 1. The van der Waals surface area contributed by atoms with Gasteiger partial charge in [-0.2, -0.15) is 0 Å². The van der Waals surface area contributed by atoms with Crippen molar-refractivity contribution >= 4 is 40.0 Å². The third kappa shape index (κ3) is 5.37. The number of anilines is 3. The molecule has 0 radical (unpaired) electrons. The molecule has 11 heteroatoms.